The van der Waals surface area contributed by atoms with Crippen LogP contribution < -0.4 is 5.32 Å². The molecule has 0 bridgehead atoms. The van der Waals surface area contributed by atoms with Gasteiger partial charge in [0.1, 0.15) is 0 Å². The summed E-state index contributed by atoms with van der Waals surface area (Å²) in [6.07, 6.45) is 3.78. The molecule has 1 aliphatic rings. The van der Waals surface area contributed by atoms with Crippen LogP contribution in [0.1, 0.15) is 28.3 Å². The highest BCUT2D eigenvalue weighted by Gasteiger charge is 2.16. The van der Waals surface area contributed by atoms with Gasteiger partial charge in [-0.15, -0.1) is 0 Å². The quantitative estimate of drug-likeness (QED) is 0.702. The molecule has 0 spiro atoms. The molecule has 3 aromatic rings. The van der Waals surface area contributed by atoms with Gasteiger partial charge in [-0.3, -0.25) is 4.79 Å². The van der Waals surface area contributed by atoms with Gasteiger partial charge in [-0.05, 0) is 42.1 Å². The summed E-state index contributed by atoms with van der Waals surface area (Å²) in [5.41, 5.74) is 4.94. The Bertz CT molecular complexity index is 861. The number of H-pyrrole nitrogens is 1. The molecule has 1 aliphatic heterocycles. The minimum absolute atomic E-state index is 0.605. The van der Waals surface area contributed by atoms with E-state index in [1.165, 1.54) is 12.0 Å². The Hall–Kier alpha value is -2.10. The number of carbonyl (C=O) groups is 1. The first kappa shape index (κ1) is 14.5. The summed E-state index contributed by atoms with van der Waals surface area (Å²) in [6, 6.07) is 12.5. The number of aldehydes is 1. The average Bonchev–Trinajstić information content (AvgIpc) is 3.23. The zero-order valence-electron chi connectivity index (χ0n) is 12.6. The Morgan fingerprint density at radius 1 is 1.17 bits per heavy atom. The number of halogens is 1. The van der Waals surface area contributed by atoms with E-state index in [1.807, 2.05) is 12.1 Å². The van der Waals surface area contributed by atoms with Crippen molar-refractivity contribution in [1.82, 2.24) is 10.3 Å². The maximum atomic E-state index is 11.1. The molecule has 1 unspecified atom stereocenters. The topological polar surface area (TPSA) is 44.9 Å². The highest BCUT2D eigenvalue weighted by molar-refractivity contribution is 6.34. The fraction of sp³-hybridized carbons (Fsp3) is 0.211. The number of hydrogen-bond acceptors (Lipinski definition) is 2. The van der Waals surface area contributed by atoms with Gasteiger partial charge < -0.3 is 10.3 Å². The fourth-order valence-electron chi connectivity index (χ4n) is 3.36. The van der Waals surface area contributed by atoms with E-state index >= 15 is 0 Å². The van der Waals surface area contributed by atoms with Crippen molar-refractivity contribution in [2.45, 2.75) is 12.3 Å². The maximum absolute atomic E-state index is 11.1. The van der Waals surface area contributed by atoms with E-state index in [0.29, 0.717) is 16.5 Å². The molecule has 1 fully saturated rings. The number of aromatic nitrogens is 1. The van der Waals surface area contributed by atoms with E-state index in [9.17, 15) is 4.79 Å². The molecule has 1 aromatic heterocycles. The molecular formula is C19H17ClN2O. The third-order valence-electron chi connectivity index (χ3n) is 4.68. The van der Waals surface area contributed by atoms with E-state index in [-0.39, 0.29) is 0 Å². The van der Waals surface area contributed by atoms with Gasteiger partial charge in [0, 0.05) is 34.8 Å². The highest BCUT2D eigenvalue weighted by atomic mass is 35.5. The van der Waals surface area contributed by atoms with Crippen molar-refractivity contribution in [2.24, 2.45) is 0 Å². The monoisotopic (exact) mass is 324 g/mol. The molecule has 3 nitrogen and oxygen atoms in total. The fourth-order valence-corrected chi connectivity index (χ4v) is 3.63. The van der Waals surface area contributed by atoms with Crippen LogP contribution in [0.3, 0.4) is 0 Å². The minimum Gasteiger partial charge on any atom is -0.360 e. The summed E-state index contributed by atoms with van der Waals surface area (Å²) >= 11 is 6.44. The van der Waals surface area contributed by atoms with Crippen LogP contribution in [0.25, 0.3) is 22.0 Å². The molecular weight excluding hydrogens is 308 g/mol. The Kier molecular flexibility index (Phi) is 3.68. The van der Waals surface area contributed by atoms with E-state index < -0.39 is 0 Å². The van der Waals surface area contributed by atoms with Crippen molar-refractivity contribution in [1.29, 1.82) is 0 Å². The van der Waals surface area contributed by atoms with Crippen LogP contribution in [0.4, 0.5) is 0 Å². The molecule has 4 heteroatoms. The van der Waals surface area contributed by atoms with Crippen LogP contribution in [0.5, 0.6) is 0 Å². The third kappa shape index (κ3) is 2.56. The summed E-state index contributed by atoms with van der Waals surface area (Å²) in [4.78, 5) is 14.2. The molecule has 2 aromatic carbocycles. The van der Waals surface area contributed by atoms with Crippen LogP contribution in [-0.2, 0) is 0 Å². The van der Waals surface area contributed by atoms with Gasteiger partial charge in [0.2, 0.25) is 0 Å². The number of hydrogen-bond donors (Lipinski definition) is 2. The van der Waals surface area contributed by atoms with Gasteiger partial charge in [0.25, 0.3) is 0 Å². The van der Waals surface area contributed by atoms with Gasteiger partial charge in [-0.25, -0.2) is 0 Å². The van der Waals surface area contributed by atoms with Crippen molar-refractivity contribution in [2.75, 3.05) is 13.1 Å². The van der Waals surface area contributed by atoms with Gasteiger partial charge >= 0.3 is 0 Å². The van der Waals surface area contributed by atoms with Crippen LogP contribution in [0.2, 0.25) is 5.02 Å². The zero-order chi connectivity index (χ0) is 15.8. The first-order chi connectivity index (χ1) is 11.3. The maximum Gasteiger partial charge on any atom is 0.152 e. The van der Waals surface area contributed by atoms with Gasteiger partial charge in [-0.2, -0.15) is 0 Å². The Labute approximate surface area is 139 Å². The van der Waals surface area contributed by atoms with E-state index in [4.69, 9.17) is 11.6 Å². The molecule has 0 radical (unpaired) electrons. The van der Waals surface area contributed by atoms with Gasteiger partial charge in [0.05, 0.1) is 5.02 Å². The summed E-state index contributed by atoms with van der Waals surface area (Å²) < 4.78 is 0. The minimum atomic E-state index is 0.605. The van der Waals surface area contributed by atoms with Crippen molar-refractivity contribution < 1.29 is 4.79 Å². The molecule has 116 valence electrons. The standard InChI is InChI=1S/C19H17ClN2O/c20-18-8-19-17(15(11-23)10-22-19)7-16(18)13-3-1-12(2-4-13)14-5-6-21-9-14/h1-4,7-8,10-11,14,21-22H,5-6,9H2. The molecule has 1 atom stereocenters. The molecule has 2 N–H and O–H groups in total. The van der Waals surface area contributed by atoms with Crippen LogP contribution in [-0.4, -0.2) is 24.4 Å². The predicted molar refractivity (Wildman–Crippen MR) is 94.4 cm³/mol. The average molecular weight is 325 g/mol. The summed E-state index contributed by atoms with van der Waals surface area (Å²) in [6.45, 7) is 2.15. The zero-order valence-corrected chi connectivity index (χ0v) is 13.4. The number of rotatable bonds is 3. The molecule has 0 aliphatic carbocycles. The lowest BCUT2D eigenvalue weighted by atomic mass is 9.95. The summed E-state index contributed by atoms with van der Waals surface area (Å²) in [5, 5.41) is 4.99. The molecule has 0 amide bonds. The van der Waals surface area contributed by atoms with Crippen LogP contribution in [0.15, 0.2) is 42.6 Å². The van der Waals surface area contributed by atoms with Crippen LogP contribution >= 0.6 is 11.6 Å². The van der Waals surface area contributed by atoms with Crippen molar-refractivity contribution >= 4 is 28.8 Å². The number of fused-ring (bicyclic) bond motifs is 1. The summed E-state index contributed by atoms with van der Waals surface area (Å²) in [7, 11) is 0. The molecule has 0 saturated carbocycles. The second-order valence-corrected chi connectivity index (χ2v) is 6.46. The largest absolute Gasteiger partial charge is 0.360 e. The SMILES string of the molecule is O=Cc1c[nH]c2cc(Cl)c(-c3ccc(C4CCNC4)cc3)cc12. The van der Waals surface area contributed by atoms with Crippen LogP contribution in [0, 0.1) is 0 Å². The second kappa shape index (κ2) is 5.84. The van der Waals surface area contributed by atoms with Gasteiger partial charge in [0.15, 0.2) is 6.29 Å². The molecule has 2 heterocycles. The lowest BCUT2D eigenvalue weighted by molar-refractivity contribution is 0.112. The molecule has 23 heavy (non-hydrogen) atoms. The number of benzene rings is 2. The smallest absolute Gasteiger partial charge is 0.152 e. The molecule has 1 saturated heterocycles. The molecule has 4 rings (SSSR count). The van der Waals surface area contributed by atoms with E-state index in [1.54, 1.807) is 6.20 Å². The Balaban J connectivity index is 1.75. The van der Waals surface area contributed by atoms with Gasteiger partial charge in [-0.1, -0.05) is 35.9 Å². The highest BCUT2D eigenvalue weighted by Crippen LogP contribution is 2.34. The van der Waals surface area contributed by atoms with Crippen molar-refractivity contribution in [3.63, 3.8) is 0 Å². The number of nitrogens with one attached hydrogen (secondary N) is 2. The van der Waals surface area contributed by atoms with Crippen molar-refractivity contribution in [3.05, 3.63) is 58.7 Å². The van der Waals surface area contributed by atoms with E-state index in [0.717, 1.165) is 41.4 Å². The predicted octanol–water partition coefficient (Wildman–Crippen LogP) is 4.38. The first-order valence-corrected chi connectivity index (χ1v) is 8.21. The Morgan fingerprint density at radius 3 is 2.70 bits per heavy atom. The second-order valence-electron chi connectivity index (χ2n) is 6.05. The number of aromatic amines is 1. The Morgan fingerprint density at radius 2 is 2.00 bits per heavy atom. The van der Waals surface area contributed by atoms with E-state index in [2.05, 4.69) is 34.6 Å². The number of carbonyl (C=O) groups excluding carboxylic acids is 1. The third-order valence-corrected chi connectivity index (χ3v) is 4.99. The lowest BCUT2D eigenvalue weighted by Crippen LogP contribution is -2.07. The first-order valence-electron chi connectivity index (χ1n) is 7.83. The normalized spacial score (nSPS) is 17.7. The lowest BCUT2D eigenvalue weighted by Gasteiger charge is -2.11. The summed E-state index contributed by atoms with van der Waals surface area (Å²) in [5.74, 6) is 0.605. The van der Waals surface area contributed by atoms with Crippen molar-refractivity contribution in [3.8, 4) is 11.1 Å².